The van der Waals surface area contributed by atoms with Gasteiger partial charge < -0.3 is 10.4 Å². The Labute approximate surface area is 75.4 Å². The van der Waals surface area contributed by atoms with Gasteiger partial charge in [0.25, 0.3) is 0 Å². The zero-order valence-electron chi connectivity index (χ0n) is 8.43. The molecular weight excluding hydrogens is 150 g/mol. The number of rotatable bonds is 3. The van der Waals surface area contributed by atoms with E-state index in [2.05, 4.69) is 19.2 Å². The zero-order chi connectivity index (χ0) is 9.19. The van der Waals surface area contributed by atoms with Gasteiger partial charge >= 0.3 is 0 Å². The van der Waals surface area contributed by atoms with Gasteiger partial charge in [0.05, 0.1) is 6.10 Å². The summed E-state index contributed by atoms with van der Waals surface area (Å²) in [5.74, 6) is 0. The van der Waals surface area contributed by atoms with Gasteiger partial charge in [0.15, 0.2) is 0 Å². The second-order valence-electron chi connectivity index (χ2n) is 4.86. The third-order valence-corrected chi connectivity index (χ3v) is 2.67. The Hall–Kier alpha value is -0.0800. The molecule has 72 valence electrons. The van der Waals surface area contributed by atoms with Crippen LogP contribution in [0.4, 0.5) is 0 Å². The lowest BCUT2D eigenvalue weighted by atomic mass is 9.92. The van der Waals surface area contributed by atoms with Gasteiger partial charge in [0.2, 0.25) is 0 Å². The Morgan fingerprint density at radius 3 is 2.67 bits per heavy atom. The number of hydrogen-bond donors (Lipinski definition) is 2. The summed E-state index contributed by atoms with van der Waals surface area (Å²) in [6.07, 6.45) is 3.61. The molecule has 1 saturated carbocycles. The molecule has 0 aromatic carbocycles. The summed E-state index contributed by atoms with van der Waals surface area (Å²) in [6.45, 7) is 7.20. The van der Waals surface area contributed by atoms with Crippen molar-refractivity contribution in [2.24, 2.45) is 5.41 Å². The van der Waals surface area contributed by atoms with Crippen LogP contribution < -0.4 is 5.32 Å². The van der Waals surface area contributed by atoms with Gasteiger partial charge in [-0.2, -0.15) is 0 Å². The van der Waals surface area contributed by atoms with Gasteiger partial charge in [-0.15, -0.1) is 0 Å². The number of hydrogen-bond acceptors (Lipinski definition) is 2. The highest BCUT2D eigenvalue weighted by molar-refractivity contribution is 4.86. The lowest BCUT2D eigenvalue weighted by Crippen LogP contribution is -2.33. The number of aliphatic hydroxyl groups excluding tert-OH is 1. The highest BCUT2D eigenvalue weighted by Crippen LogP contribution is 2.36. The molecule has 0 radical (unpaired) electrons. The van der Waals surface area contributed by atoms with Crippen LogP contribution in [0.5, 0.6) is 0 Å². The molecule has 0 aliphatic heterocycles. The molecule has 2 atom stereocenters. The summed E-state index contributed by atoms with van der Waals surface area (Å²) in [6, 6.07) is 0.634. The van der Waals surface area contributed by atoms with Crippen LogP contribution >= 0.6 is 0 Å². The van der Waals surface area contributed by atoms with E-state index in [0.717, 1.165) is 6.54 Å². The first-order valence-electron chi connectivity index (χ1n) is 4.91. The first kappa shape index (κ1) is 10.0. The first-order valence-corrected chi connectivity index (χ1v) is 4.91. The quantitative estimate of drug-likeness (QED) is 0.675. The van der Waals surface area contributed by atoms with Crippen molar-refractivity contribution in [3.05, 3.63) is 0 Å². The van der Waals surface area contributed by atoms with Crippen molar-refractivity contribution < 1.29 is 5.11 Å². The van der Waals surface area contributed by atoms with Crippen molar-refractivity contribution in [3.8, 4) is 0 Å². The van der Waals surface area contributed by atoms with E-state index in [1.807, 2.05) is 6.92 Å². The molecule has 2 nitrogen and oxygen atoms in total. The second kappa shape index (κ2) is 3.75. The molecule has 1 fully saturated rings. The van der Waals surface area contributed by atoms with Gasteiger partial charge in [-0.05, 0) is 31.6 Å². The molecule has 12 heavy (non-hydrogen) atoms. The van der Waals surface area contributed by atoms with Crippen LogP contribution in [0.15, 0.2) is 0 Å². The number of aliphatic hydroxyl groups is 1. The van der Waals surface area contributed by atoms with Crippen molar-refractivity contribution in [2.75, 3.05) is 6.54 Å². The largest absolute Gasteiger partial charge is 0.392 e. The minimum Gasteiger partial charge on any atom is -0.392 e. The molecule has 1 aliphatic carbocycles. The predicted octanol–water partition coefficient (Wildman–Crippen LogP) is 1.54. The average molecular weight is 171 g/mol. The van der Waals surface area contributed by atoms with E-state index in [4.69, 9.17) is 5.11 Å². The summed E-state index contributed by atoms with van der Waals surface area (Å²) in [5.41, 5.74) is 0.510. The minimum absolute atomic E-state index is 0.214. The van der Waals surface area contributed by atoms with Crippen LogP contribution in [0, 0.1) is 5.41 Å². The highest BCUT2D eigenvalue weighted by atomic mass is 16.3. The van der Waals surface area contributed by atoms with Gasteiger partial charge in [-0.1, -0.05) is 13.8 Å². The molecule has 1 unspecified atom stereocenters. The van der Waals surface area contributed by atoms with Crippen molar-refractivity contribution in [1.82, 2.24) is 5.32 Å². The van der Waals surface area contributed by atoms with Gasteiger partial charge in [-0.25, -0.2) is 0 Å². The Bertz CT molecular complexity index is 143. The van der Waals surface area contributed by atoms with E-state index < -0.39 is 0 Å². The van der Waals surface area contributed by atoms with E-state index in [1.165, 1.54) is 19.3 Å². The van der Waals surface area contributed by atoms with Crippen LogP contribution in [0.3, 0.4) is 0 Å². The van der Waals surface area contributed by atoms with E-state index in [9.17, 15) is 0 Å². The molecule has 0 spiro atoms. The van der Waals surface area contributed by atoms with Crippen molar-refractivity contribution in [3.63, 3.8) is 0 Å². The minimum atomic E-state index is -0.214. The molecule has 0 aromatic rings. The van der Waals surface area contributed by atoms with Gasteiger partial charge in [0, 0.05) is 12.6 Å². The van der Waals surface area contributed by atoms with E-state index in [1.54, 1.807) is 0 Å². The highest BCUT2D eigenvalue weighted by Gasteiger charge is 2.30. The lowest BCUT2D eigenvalue weighted by molar-refractivity contribution is 0.185. The fraction of sp³-hybridized carbons (Fsp3) is 1.00. The molecular formula is C10H21NO. The maximum Gasteiger partial charge on any atom is 0.0636 e. The maximum absolute atomic E-state index is 9.08. The molecule has 0 amide bonds. The zero-order valence-corrected chi connectivity index (χ0v) is 8.43. The van der Waals surface area contributed by atoms with E-state index >= 15 is 0 Å². The molecule has 0 heterocycles. The molecule has 0 saturated heterocycles. The molecule has 1 rings (SSSR count). The molecule has 1 aliphatic rings. The predicted molar refractivity (Wildman–Crippen MR) is 51.1 cm³/mol. The Morgan fingerprint density at radius 2 is 2.25 bits per heavy atom. The lowest BCUT2D eigenvalue weighted by Gasteiger charge is -2.18. The van der Waals surface area contributed by atoms with Crippen LogP contribution in [0.25, 0.3) is 0 Å². The standard InChI is InChI=1S/C10H21NO/c1-8(12)7-11-9-4-5-10(2,3)6-9/h8-9,11-12H,4-7H2,1-3H3/t8-,9?/m0/s1. The Kier molecular flexibility index (Phi) is 3.13. The van der Waals surface area contributed by atoms with Crippen molar-refractivity contribution in [2.45, 2.75) is 52.2 Å². The summed E-state index contributed by atoms with van der Waals surface area (Å²) in [4.78, 5) is 0. The topological polar surface area (TPSA) is 32.3 Å². The van der Waals surface area contributed by atoms with E-state index in [-0.39, 0.29) is 6.10 Å². The molecule has 0 bridgehead atoms. The SMILES string of the molecule is C[C@H](O)CNC1CCC(C)(C)C1. The molecule has 2 heteroatoms. The van der Waals surface area contributed by atoms with Crippen molar-refractivity contribution in [1.29, 1.82) is 0 Å². The average Bonchev–Trinajstić information content (AvgIpc) is 2.26. The van der Waals surface area contributed by atoms with E-state index in [0.29, 0.717) is 11.5 Å². The van der Waals surface area contributed by atoms with Crippen molar-refractivity contribution >= 4 is 0 Å². The Balaban J connectivity index is 2.20. The Morgan fingerprint density at radius 1 is 1.58 bits per heavy atom. The third-order valence-electron chi connectivity index (χ3n) is 2.67. The van der Waals surface area contributed by atoms with Crippen LogP contribution in [-0.2, 0) is 0 Å². The van der Waals surface area contributed by atoms with Crippen LogP contribution in [-0.4, -0.2) is 23.8 Å². The second-order valence-corrected chi connectivity index (χ2v) is 4.86. The fourth-order valence-electron chi connectivity index (χ4n) is 1.95. The fourth-order valence-corrected chi connectivity index (χ4v) is 1.95. The summed E-state index contributed by atoms with van der Waals surface area (Å²) in [5, 5.41) is 12.5. The van der Waals surface area contributed by atoms with Crippen LogP contribution in [0.2, 0.25) is 0 Å². The van der Waals surface area contributed by atoms with Gasteiger partial charge in [-0.3, -0.25) is 0 Å². The summed E-state index contributed by atoms with van der Waals surface area (Å²) in [7, 11) is 0. The summed E-state index contributed by atoms with van der Waals surface area (Å²) >= 11 is 0. The smallest absolute Gasteiger partial charge is 0.0636 e. The molecule has 2 N–H and O–H groups in total. The monoisotopic (exact) mass is 171 g/mol. The molecule has 0 aromatic heterocycles. The maximum atomic E-state index is 9.08. The van der Waals surface area contributed by atoms with Crippen LogP contribution in [0.1, 0.15) is 40.0 Å². The number of nitrogens with one attached hydrogen (secondary N) is 1. The normalized spacial score (nSPS) is 30.5. The first-order chi connectivity index (χ1) is 5.49. The van der Waals surface area contributed by atoms with Gasteiger partial charge in [0.1, 0.15) is 0 Å². The third kappa shape index (κ3) is 3.11. The summed E-state index contributed by atoms with van der Waals surface area (Å²) < 4.78 is 0.